The molecule has 2 aromatic carbocycles. The molecule has 0 saturated carbocycles. The number of aromatic nitrogens is 1. The SMILES string of the molecule is CN(C)CCn1cc(C(=O)NCc2ccc(Cl)cc2)c(=O)c2cc(C#CCO)ccc21.Cl. The maximum absolute atomic E-state index is 13.1. The topological polar surface area (TPSA) is 74.6 Å². The molecule has 1 heterocycles. The highest BCUT2D eigenvalue weighted by Crippen LogP contribution is 2.15. The van der Waals surface area contributed by atoms with Crippen molar-refractivity contribution >= 4 is 40.8 Å². The minimum absolute atomic E-state index is 0. The van der Waals surface area contributed by atoms with Crippen molar-refractivity contribution in [3.8, 4) is 11.8 Å². The molecule has 32 heavy (non-hydrogen) atoms. The maximum atomic E-state index is 13.1. The van der Waals surface area contributed by atoms with Crippen LogP contribution in [0, 0.1) is 11.8 Å². The third-order valence-electron chi connectivity index (χ3n) is 4.79. The molecule has 1 aromatic heterocycles. The molecule has 0 fully saturated rings. The standard InChI is InChI=1S/C24H24ClN3O3.ClH/c1-27(2)11-12-28-16-21(24(31)26-15-18-5-8-19(25)9-6-18)23(30)20-14-17(4-3-13-29)7-10-22(20)28;/h5-10,14,16,29H,11-13,15H2,1-2H3,(H,26,31);1H. The van der Waals surface area contributed by atoms with Gasteiger partial charge in [0.2, 0.25) is 5.43 Å². The van der Waals surface area contributed by atoms with Gasteiger partial charge in [-0.3, -0.25) is 9.59 Å². The van der Waals surface area contributed by atoms with Gasteiger partial charge in [-0.15, -0.1) is 12.4 Å². The Bertz CT molecular complexity index is 1210. The average molecular weight is 474 g/mol. The number of fused-ring (bicyclic) bond motifs is 1. The van der Waals surface area contributed by atoms with E-state index in [-0.39, 0.29) is 36.6 Å². The summed E-state index contributed by atoms with van der Waals surface area (Å²) in [5.74, 6) is 4.96. The Balaban J connectivity index is 0.00000363. The number of nitrogens with zero attached hydrogens (tertiary/aromatic N) is 2. The number of rotatable bonds is 6. The van der Waals surface area contributed by atoms with E-state index >= 15 is 0 Å². The predicted octanol–water partition coefficient (Wildman–Crippen LogP) is 2.91. The van der Waals surface area contributed by atoms with Crippen LogP contribution in [0.5, 0.6) is 0 Å². The zero-order valence-electron chi connectivity index (χ0n) is 17.9. The molecule has 3 aromatic rings. The smallest absolute Gasteiger partial charge is 0.257 e. The lowest BCUT2D eigenvalue weighted by Crippen LogP contribution is -2.30. The van der Waals surface area contributed by atoms with Crippen molar-refractivity contribution < 1.29 is 9.90 Å². The molecule has 0 saturated heterocycles. The Morgan fingerprint density at radius 1 is 1.19 bits per heavy atom. The fourth-order valence-corrected chi connectivity index (χ4v) is 3.28. The number of aliphatic hydroxyl groups is 1. The number of nitrogens with one attached hydrogen (secondary N) is 1. The van der Waals surface area contributed by atoms with Crippen LogP contribution in [-0.4, -0.2) is 47.7 Å². The highest BCUT2D eigenvalue weighted by atomic mass is 35.5. The molecule has 1 amide bonds. The van der Waals surface area contributed by atoms with Gasteiger partial charge in [-0.1, -0.05) is 35.6 Å². The van der Waals surface area contributed by atoms with Gasteiger partial charge in [0.05, 0.1) is 5.52 Å². The minimum Gasteiger partial charge on any atom is -0.384 e. The van der Waals surface area contributed by atoms with Gasteiger partial charge in [0.15, 0.2) is 0 Å². The number of hydrogen-bond acceptors (Lipinski definition) is 4. The molecule has 0 aliphatic heterocycles. The molecule has 0 bridgehead atoms. The maximum Gasteiger partial charge on any atom is 0.257 e. The molecular formula is C24H25Cl2N3O3. The van der Waals surface area contributed by atoms with Crippen molar-refractivity contribution in [3.63, 3.8) is 0 Å². The van der Waals surface area contributed by atoms with Crippen LogP contribution in [0.1, 0.15) is 21.5 Å². The van der Waals surface area contributed by atoms with E-state index in [0.29, 0.717) is 22.5 Å². The minimum atomic E-state index is -0.438. The number of carbonyl (C=O) groups excluding carboxylic acids is 1. The molecule has 2 N–H and O–H groups in total. The monoisotopic (exact) mass is 473 g/mol. The Labute approximate surface area is 198 Å². The third-order valence-corrected chi connectivity index (χ3v) is 5.04. The van der Waals surface area contributed by atoms with Crippen LogP contribution < -0.4 is 10.7 Å². The molecule has 3 rings (SSSR count). The van der Waals surface area contributed by atoms with Gasteiger partial charge in [-0.25, -0.2) is 0 Å². The Morgan fingerprint density at radius 3 is 2.56 bits per heavy atom. The molecule has 0 aliphatic carbocycles. The van der Waals surface area contributed by atoms with Crippen LogP contribution in [0.25, 0.3) is 10.9 Å². The fraction of sp³-hybridized carbons (Fsp3) is 0.250. The summed E-state index contributed by atoms with van der Waals surface area (Å²) in [6.45, 7) is 1.38. The fourth-order valence-electron chi connectivity index (χ4n) is 3.15. The van der Waals surface area contributed by atoms with Crippen LogP contribution in [-0.2, 0) is 13.1 Å². The van der Waals surface area contributed by atoms with Crippen LogP contribution in [0.2, 0.25) is 5.02 Å². The first-order chi connectivity index (χ1) is 14.9. The Hall–Kier alpha value is -2.82. The lowest BCUT2D eigenvalue weighted by Gasteiger charge is -2.16. The number of halogens is 2. The van der Waals surface area contributed by atoms with Gasteiger partial charge in [-0.05, 0) is 50.0 Å². The zero-order chi connectivity index (χ0) is 22.4. The van der Waals surface area contributed by atoms with Gasteiger partial charge >= 0.3 is 0 Å². The van der Waals surface area contributed by atoms with E-state index < -0.39 is 5.91 Å². The van der Waals surface area contributed by atoms with Crippen LogP contribution >= 0.6 is 24.0 Å². The first-order valence-electron chi connectivity index (χ1n) is 9.83. The van der Waals surface area contributed by atoms with E-state index in [9.17, 15) is 9.59 Å². The lowest BCUT2D eigenvalue weighted by molar-refractivity contribution is 0.0949. The van der Waals surface area contributed by atoms with E-state index in [0.717, 1.165) is 17.6 Å². The molecule has 0 spiro atoms. The second kappa shape index (κ2) is 11.7. The quantitative estimate of drug-likeness (QED) is 0.539. The number of aliphatic hydroxyl groups excluding tert-OH is 1. The molecule has 0 unspecified atom stereocenters. The number of hydrogen-bond donors (Lipinski definition) is 2. The summed E-state index contributed by atoms with van der Waals surface area (Å²) in [7, 11) is 3.93. The van der Waals surface area contributed by atoms with Crippen molar-refractivity contribution in [2.75, 3.05) is 27.2 Å². The predicted molar refractivity (Wildman–Crippen MR) is 131 cm³/mol. The summed E-state index contributed by atoms with van der Waals surface area (Å²) in [5, 5.41) is 12.8. The normalized spacial score (nSPS) is 10.4. The van der Waals surface area contributed by atoms with Crippen molar-refractivity contribution in [2.45, 2.75) is 13.1 Å². The molecular weight excluding hydrogens is 449 g/mol. The number of pyridine rings is 1. The van der Waals surface area contributed by atoms with Crippen molar-refractivity contribution in [3.05, 3.63) is 80.6 Å². The van der Waals surface area contributed by atoms with Gasteiger partial charge in [-0.2, -0.15) is 0 Å². The highest BCUT2D eigenvalue weighted by molar-refractivity contribution is 6.30. The average Bonchev–Trinajstić information content (AvgIpc) is 2.76. The molecule has 6 nitrogen and oxygen atoms in total. The number of amides is 1. The summed E-state index contributed by atoms with van der Waals surface area (Å²) < 4.78 is 1.91. The summed E-state index contributed by atoms with van der Waals surface area (Å²) >= 11 is 5.90. The molecule has 168 valence electrons. The second-order valence-corrected chi connectivity index (χ2v) is 7.81. The molecule has 0 radical (unpaired) electrons. The van der Waals surface area contributed by atoms with Crippen molar-refractivity contribution in [1.29, 1.82) is 0 Å². The highest BCUT2D eigenvalue weighted by Gasteiger charge is 2.16. The van der Waals surface area contributed by atoms with Gasteiger partial charge in [0.1, 0.15) is 12.2 Å². The summed E-state index contributed by atoms with van der Waals surface area (Å²) in [4.78, 5) is 28.1. The number of benzene rings is 2. The first kappa shape index (κ1) is 25.4. The van der Waals surface area contributed by atoms with E-state index in [1.165, 1.54) is 0 Å². The van der Waals surface area contributed by atoms with E-state index in [4.69, 9.17) is 16.7 Å². The van der Waals surface area contributed by atoms with E-state index in [1.807, 2.05) is 41.8 Å². The lowest BCUT2D eigenvalue weighted by atomic mass is 10.1. The van der Waals surface area contributed by atoms with Crippen LogP contribution in [0.15, 0.2) is 53.5 Å². The number of likely N-dealkylation sites (N-methyl/N-ethyl adjacent to an activating group) is 1. The summed E-state index contributed by atoms with van der Waals surface area (Å²) in [5.41, 5.74) is 1.95. The second-order valence-electron chi connectivity index (χ2n) is 7.37. The number of carbonyl (C=O) groups is 1. The Morgan fingerprint density at radius 2 is 1.91 bits per heavy atom. The molecule has 8 heteroatoms. The third kappa shape index (κ3) is 6.35. The Kier molecular flexibility index (Phi) is 9.30. The van der Waals surface area contributed by atoms with E-state index in [2.05, 4.69) is 17.2 Å². The van der Waals surface area contributed by atoms with Gasteiger partial charge in [0.25, 0.3) is 5.91 Å². The molecule has 0 atom stereocenters. The van der Waals surface area contributed by atoms with Crippen LogP contribution in [0.4, 0.5) is 0 Å². The zero-order valence-corrected chi connectivity index (χ0v) is 19.5. The van der Waals surface area contributed by atoms with Crippen molar-refractivity contribution in [2.24, 2.45) is 0 Å². The van der Waals surface area contributed by atoms with Crippen LogP contribution in [0.3, 0.4) is 0 Å². The first-order valence-corrected chi connectivity index (χ1v) is 10.2. The van der Waals surface area contributed by atoms with Crippen molar-refractivity contribution in [1.82, 2.24) is 14.8 Å². The summed E-state index contributed by atoms with van der Waals surface area (Å²) in [6.07, 6.45) is 1.62. The molecule has 0 aliphatic rings. The van der Waals surface area contributed by atoms with Gasteiger partial charge in [0, 0.05) is 41.8 Å². The largest absolute Gasteiger partial charge is 0.384 e. The van der Waals surface area contributed by atoms with E-state index in [1.54, 1.807) is 30.5 Å². The summed E-state index contributed by atoms with van der Waals surface area (Å²) in [6, 6.07) is 12.4. The van der Waals surface area contributed by atoms with Gasteiger partial charge < -0.3 is 19.9 Å².